The third-order valence-corrected chi connectivity index (χ3v) is 2.74. The van der Waals surface area contributed by atoms with Crippen LogP contribution >= 0.6 is 0 Å². The summed E-state index contributed by atoms with van der Waals surface area (Å²) >= 11 is 0. The first-order valence-electron chi connectivity index (χ1n) is 5.48. The Hall–Kier alpha value is -2.01. The quantitative estimate of drug-likeness (QED) is 0.876. The van der Waals surface area contributed by atoms with Gasteiger partial charge in [0.05, 0.1) is 0 Å². The number of hydrogen-bond donors (Lipinski definition) is 2. The predicted molar refractivity (Wildman–Crippen MR) is 65.6 cm³/mol. The molecule has 1 unspecified atom stereocenters. The van der Waals surface area contributed by atoms with Crippen LogP contribution in [0.2, 0.25) is 0 Å². The average Bonchev–Trinajstić information content (AvgIpc) is 2.32. The van der Waals surface area contributed by atoms with Gasteiger partial charge >= 0.3 is 0 Å². The molecule has 18 heavy (non-hydrogen) atoms. The zero-order valence-corrected chi connectivity index (χ0v) is 9.61. The summed E-state index contributed by atoms with van der Waals surface area (Å²) in [5.41, 5.74) is 12.1. The largest absolute Gasteiger partial charge is 0.383 e. The lowest BCUT2D eigenvalue weighted by molar-refractivity contribution is 0.524. The van der Waals surface area contributed by atoms with E-state index in [1.54, 1.807) is 18.3 Å². The normalized spacial score (nSPS) is 12.4. The Kier molecular flexibility index (Phi) is 3.53. The third kappa shape index (κ3) is 2.46. The number of nitrogen functional groups attached to an aromatic ring is 1. The van der Waals surface area contributed by atoms with Gasteiger partial charge in [0.25, 0.3) is 0 Å². The molecule has 1 aromatic heterocycles. The molecule has 5 heteroatoms. The summed E-state index contributed by atoms with van der Waals surface area (Å²) in [6.45, 7) is 0. The van der Waals surface area contributed by atoms with Gasteiger partial charge in [-0.25, -0.2) is 13.8 Å². The molecule has 0 bridgehead atoms. The molecule has 0 aliphatic heterocycles. The van der Waals surface area contributed by atoms with E-state index in [1.807, 2.05) is 0 Å². The molecule has 0 saturated carbocycles. The summed E-state index contributed by atoms with van der Waals surface area (Å²) in [5.74, 6) is -0.973. The second kappa shape index (κ2) is 5.10. The molecule has 0 saturated heterocycles. The van der Waals surface area contributed by atoms with Crippen LogP contribution in [-0.4, -0.2) is 4.98 Å². The van der Waals surface area contributed by atoms with Crippen molar-refractivity contribution in [3.63, 3.8) is 0 Å². The Bertz CT molecular complexity index is 537. The minimum Gasteiger partial charge on any atom is -0.383 e. The second-order valence-electron chi connectivity index (χ2n) is 3.99. The molecular weight excluding hydrogens is 236 g/mol. The Morgan fingerprint density at radius 1 is 1.11 bits per heavy atom. The second-order valence-corrected chi connectivity index (χ2v) is 3.99. The highest BCUT2D eigenvalue weighted by Crippen LogP contribution is 2.23. The fraction of sp³-hybridized carbons (Fsp3) is 0.154. The maximum atomic E-state index is 13.5. The van der Waals surface area contributed by atoms with E-state index in [1.165, 1.54) is 18.2 Å². The Morgan fingerprint density at radius 2 is 1.78 bits per heavy atom. The lowest BCUT2D eigenvalue weighted by Gasteiger charge is -2.14. The van der Waals surface area contributed by atoms with E-state index >= 15 is 0 Å². The van der Waals surface area contributed by atoms with Gasteiger partial charge in [0.1, 0.15) is 17.5 Å². The number of halogens is 2. The molecule has 0 fully saturated rings. The molecule has 3 nitrogen and oxygen atoms in total. The van der Waals surface area contributed by atoms with Crippen LogP contribution in [0.15, 0.2) is 36.5 Å². The van der Waals surface area contributed by atoms with Crippen molar-refractivity contribution in [3.05, 3.63) is 59.3 Å². The molecule has 0 aliphatic carbocycles. The number of aromatic nitrogens is 1. The molecule has 2 aromatic rings. The van der Waals surface area contributed by atoms with Crippen LogP contribution in [0.1, 0.15) is 17.2 Å². The topological polar surface area (TPSA) is 64.9 Å². The monoisotopic (exact) mass is 249 g/mol. The smallest absolute Gasteiger partial charge is 0.130 e. The van der Waals surface area contributed by atoms with Crippen LogP contribution in [0.5, 0.6) is 0 Å². The van der Waals surface area contributed by atoms with Gasteiger partial charge < -0.3 is 11.5 Å². The van der Waals surface area contributed by atoms with Crippen molar-refractivity contribution in [2.75, 3.05) is 5.73 Å². The van der Waals surface area contributed by atoms with Gasteiger partial charge in [0.2, 0.25) is 0 Å². The van der Waals surface area contributed by atoms with Crippen LogP contribution in [-0.2, 0) is 6.42 Å². The number of rotatable bonds is 3. The fourth-order valence-corrected chi connectivity index (χ4v) is 1.83. The van der Waals surface area contributed by atoms with Crippen LogP contribution in [0, 0.1) is 11.6 Å². The number of nitrogens with zero attached hydrogens (tertiary/aromatic N) is 1. The maximum absolute atomic E-state index is 13.5. The number of anilines is 1. The zero-order chi connectivity index (χ0) is 13.1. The molecular formula is C13H13F2N3. The zero-order valence-electron chi connectivity index (χ0n) is 9.61. The molecule has 1 atom stereocenters. The van der Waals surface area contributed by atoms with E-state index in [-0.39, 0.29) is 12.0 Å². The van der Waals surface area contributed by atoms with Gasteiger partial charge in [0, 0.05) is 17.8 Å². The number of pyridine rings is 1. The van der Waals surface area contributed by atoms with Crippen molar-refractivity contribution in [1.82, 2.24) is 4.98 Å². The average molecular weight is 249 g/mol. The van der Waals surface area contributed by atoms with Crippen LogP contribution in [0.4, 0.5) is 14.6 Å². The summed E-state index contributed by atoms with van der Waals surface area (Å²) < 4.78 is 27.1. The number of nitrogens with two attached hydrogens (primary N) is 2. The molecule has 0 aliphatic rings. The maximum Gasteiger partial charge on any atom is 0.130 e. The third-order valence-electron chi connectivity index (χ3n) is 2.74. The Balaban J connectivity index is 2.28. The summed E-state index contributed by atoms with van der Waals surface area (Å²) in [7, 11) is 0. The van der Waals surface area contributed by atoms with Crippen molar-refractivity contribution in [2.45, 2.75) is 12.5 Å². The molecule has 0 amide bonds. The number of hydrogen-bond acceptors (Lipinski definition) is 3. The van der Waals surface area contributed by atoms with Gasteiger partial charge in [-0.1, -0.05) is 12.1 Å². The first-order chi connectivity index (χ1) is 8.59. The Labute approximate surface area is 103 Å². The summed E-state index contributed by atoms with van der Waals surface area (Å²) in [4.78, 5) is 3.91. The standard InChI is InChI=1S/C13H13F2N3/c14-9-4-1-5-10(15)12(9)11(16)7-8-3-2-6-18-13(8)17/h1-6,11H,7,16H2,(H2,17,18). The van der Waals surface area contributed by atoms with E-state index in [0.29, 0.717) is 11.4 Å². The van der Waals surface area contributed by atoms with Gasteiger partial charge in [-0.15, -0.1) is 0 Å². The van der Waals surface area contributed by atoms with Gasteiger partial charge in [-0.2, -0.15) is 0 Å². The fourth-order valence-electron chi connectivity index (χ4n) is 1.83. The van der Waals surface area contributed by atoms with E-state index in [4.69, 9.17) is 11.5 Å². The molecule has 0 spiro atoms. The minimum atomic E-state index is -0.794. The first-order valence-corrected chi connectivity index (χ1v) is 5.48. The van der Waals surface area contributed by atoms with Crippen LogP contribution in [0.25, 0.3) is 0 Å². The highest BCUT2D eigenvalue weighted by atomic mass is 19.1. The van der Waals surface area contributed by atoms with Crippen molar-refractivity contribution >= 4 is 5.82 Å². The van der Waals surface area contributed by atoms with Crippen LogP contribution in [0.3, 0.4) is 0 Å². The lowest BCUT2D eigenvalue weighted by atomic mass is 9.99. The van der Waals surface area contributed by atoms with Gasteiger partial charge in [-0.05, 0) is 30.2 Å². The predicted octanol–water partition coefficient (Wildman–Crippen LogP) is 2.18. The van der Waals surface area contributed by atoms with Crippen molar-refractivity contribution in [3.8, 4) is 0 Å². The minimum absolute atomic E-state index is 0.124. The van der Waals surface area contributed by atoms with E-state index < -0.39 is 17.7 Å². The van der Waals surface area contributed by atoms with Crippen molar-refractivity contribution in [2.24, 2.45) is 5.73 Å². The SMILES string of the molecule is Nc1ncccc1CC(N)c1c(F)cccc1F. The van der Waals surface area contributed by atoms with Gasteiger partial charge in [0.15, 0.2) is 0 Å². The van der Waals surface area contributed by atoms with E-state index in [2.05, 4.69) is 4.98 Å². The van der Waals surface area contributed by atoms with E-state index in [9.17, 15) is 8.78 Å². The summed E-state index contributed by atoms with van der Waals surface area (Å²) in [5, 5.41) is 0. The summed E-state index contributed by atoms with van der Waals surface area (Å²) in [6.07, 6.45) is 1.78. The first kappa shape index (κ1) is 12.4. The molecule has 0 radical (unpaired) electrons. The molecule has 2 rings (SSSR count). The Morgan fingerprint density at radius 3 is 2.39 bits per heavy atom. The molecule has 1 aromatic carbocycles. The highest BCUT2D eigenvalue weighted by Gasteiger charge is 2.17. The molecule has 1 heterocycles. The van der Waals surface area contributed by atoms with Gasteiger partial charge in [-0.3, -0.25) is 0 Å². The summed E-state index contributed by atoms with van der Waals surface area (Å²) in [6, 6.07) is 6.32. The molecule has 94 valence electrons. The number of benzene rings is 1. The van der Waals surface area contributed by atoms with E-state index in [0.717, 1.165) is 0 Å². The van der Waals surface area contributed by atoms with Crippen molar-refractivity contribution in [1.29, 1.82) is 0 Å². The molecule has 4 N–H and O–H groups in total. The van der Waals surface area contributed by atoms with Crippen LogP contribution < -0.4 is 11.5 Å². The van der Waals surface area contributed by atoms with Crippen molar-refractivity contribution < 1.29 is 8.78 Å². The lowest BCUT2D eigenvalue weighted by Crippen LogP contribution is -2.17. The highest BCUT2D eigenvalue weighted by molar-refractivity contribution is 5.40.